The van der Waals surface area contributed by atoms with E-state index in [1.165, 1.54) is 7.11 Å². The summed E-state index contributed by atoms with van der Waals surface area (Å²) < 4.78 is 4.56. The molecule has 100 valence electrons. The molecule has 0 amide bonds. The Hall–Kier alpha value is -1.88. The Morgan fingerprint density at radius 3 is 2.39 bits per heavy atom. The van der Waals surface area contributed by atoms with Crippen LogP contribution in [-0.4, -0.2) is 24.2 Å². The van der Waals surface area contributed by atoms with Crippen molar-refractivity contribution in [3.63, 3.8) is 0 Å². The van der Waals surface area contributed by atoms with E-state index in [0.29, 0.717) is 19.4 Å². The maximum atomic E-state index is 10.9. The summed E-state index contributed by atoms with van der Waals surface area (Å²) in [6.45, 7) is 1.62. The molecule has 5 nitrogen and oxygen atoms in total. The van der Waals surface area contributed by atoms with E-state index in [4.69, 9.17) is 15.6 Å². The second-order valence-corrected chi connectivity index (χ2v) is 3.62. The van der Waals surface area contributed by atoms with E-state index in [1.54, 1.807) is 0 Å². The van der Waals surface area contributed by atoms with Crippen molar-refractivity contribution in [1.82, 2.24) is 0 Å². The molecule has 0 saturated heterocycles. The van der Waals surface area contributed by atoms with E-state index in [0.717, 1.165) is 18.1 Å². The summed E-state index contributed by atoms with van der Waals surface area (Å²) in [5.41, 5.74) is 7.72. The highest BCUT2D eigenvalue weighted by molar-refractivity contribution is 5.69. The van der Waals surface area contributed by atoms with Crippen LogP contribution in [0.3, 0.4) is 0 Å². The smallest absolute Gasteiger partial charge is 0.305 e. The maximum absolute atomic E-state index is 10.9. The number of aliphatic carboxylic acids is 1. The molecule has 0 radical (unpaired) electrons. The fourth-order valence-corrected chi connectivity index (χ4v) is 1.26. The minimum atomic E-state index is -0.833. The fourth-order valence-electron chi connectivity index (χ4n) is 1.26. The molecule has 3 N–H and O–H groups in total. The third kappa shape index (κ3) is 8.29. The predicted octanol–water partition coefficient (Wildman–Crippen LogP) is 1.34. The van der Waals surface area contributed by atoms with Gasteiger partial charge in [-0.05, 0) is 17.5 Å². The van der Waals surface area contributed by atoms with Gasteiger partial charge in [-0.3, -0.25) is 9.59 Å². The van der Waals surface area contributed by atoms with E-state index in [9.17, 15) is 4.79 Å². The largest absolute Gasteiger partial charge is 0.481 e. The Morgan fingerprint density at radius 2 is 1.89 bits per heavy atom. The highest BCUT2D eigenvalue weighted by Crippen LogP contribution is 2.07. The number of hydrogen-bond acceptors (Lipinski definition) is 4. The number of rotatable bonds is 4. The minimum Gasteiger partial charge on any atom is -0.481 e. The molecular weight excluding hydrogens is 234 g/mol. The van der Waals surface area contributed by atoms with Crippen molar-refractivity contribution >= 4 is 11.9 Å². The highest BCUT2D eigenvalue weighted by Gasteiger charge is 2.01. The van der Waals surface area contributed by atoms with Gasteiger partial charge in [-0.1, -0.05) is 24.3 Å². The van der Waals surface area contributed by atoms with Gasteiger partial charge in [0.25, 0.3) is 5.97 Å². The molecular formula is C13H19NO4. The van der Waals surface area contributed by atoms with Gasteiger partial charge in [0.1, 0.15) is 0 Å². The number of carbonyl (C=O) groups is 2. The summed E-state index contributed by atoms with van der Waals surface area (Å²) in [7, 11) is 1.40. The predicted molar refractivity (Wildman–Crippen MR) is 68.0 cm³/mol. The van der Waals surface area contributed by atoms with Crippen LogP contribution in [0.4, 0.5) is 0 Å². The number of benzene rings is 1. The maximum Gasteiger partial charge on any atom is 0.305 e. The van der Waals surface area contributed by atoms with E-state index < -0.39 is 5.97 Å². The molecule has 18 heavy (non-hydrogen) atoms. The summed E-state index contributed by atoms with van der Waals surface area (Å²) in [5.74, 6) is -1.01. The van der Waals surface area contributed by atoms with Gasteiger partial charge in [0, 0.05) is 19.9 Å². The van der Waals surface area contributed by atoms with Crippen molar-refractivity contribution in [2.45, 2.75) is 26.3 Å². The Morgan fingerprint density at radius 1 is 1.33 bits per heavy atom. The molecule has 1 aromatic rings. The number of nitrogens with two attached hydrogens (primary N) is 1. The normalized spacial score (nSPS) is 9.06. The number of aryl methyl sites for hydroxylation is 1. The second-order valence-electron chi connectivity index (χ2n) is 3.62. The number of esters is 1. The third-order valence-electron chi connectivity index (χ3n) is 2.07. The molecule has 0 unspecified atom stereocenters. The molecule has 0 aliphatic rings. The number of ether oxygens (including phenoxy) is 1. The van der Waals surface area contributed by atoms with Crippen molar-refractivity contribution in [3.05, 3.63) is 35.4 Å². The van der Waals surface area contributed by atoms with Crippen LogP contribution >= 0.6 is 0 Å². The molecule has 0 fully saturated rings. The topological polar surface area (TPSA) is 89.6 Å². The van der Waals surface area contributed by atoms with Gasteiger partial charge in [-0.2, -0.15) is 0 Å². The zero-order valence-corrected chi connectivity index (χ0v) is 10.7. The van der Waals surface area contributed by atoms with Gasteiger partial charge < -0.3 is 15.6 Å². The number of carboxylic acid groups (broad SMARTS) is 1. The Labute approximate surface area is 107 Å². The summed E-state index contributed by atoms with van der Waals surface area (Å²) in [5, 5.41) is 7.42. The lowest BCUT2D eigenvalue weighted by Gasteiger charge is -2.02. The van der Waals surface area contributed by atoms with Crippen molar-refractivity contribution in [2.24, 2.45) is 5.73 Å². The standard InChI is InChI=1S/C11H15NO2.C2H4O2/c1-14-11(13)6-5-9-3-2-4-10(7-9)8-12;1-2(3)4/h2-4,7H,5-6,8,12H2,1H3;1H3,(H,3,4). The monoisotopic (exact) mass is 253 g/mol. The van der Waals surface area contributed by atoms with Crippen molar-refractivity contribution in [1.29, 1.82) is 0 Å². The lowest BCUT2D eigenvalue weighted by Crippen LogP contribution is -2.02. The summed E-state index contributed by atoms with van der Waals surface area (Å²) >= 11 is 0. The fraction of sp³-hybridized carbons (Fsp3) is 0.385. The van der Waals surface area contributed by atoms with Crippen LogP contribution in [0.5, 0.6) is 0 Å². The van der Waals surface area contributed by atoms with Gasteiger partial charge >= 0.3 is 5.97 Å². The molecule has 0 bridgehead atoms. The first-order valence-corrected chi connectivity index (χ1v) is 5.53. The quantitative estimate of drug-likeness (QED) is 0.790. The first-order chi connectivity index (χ1) is 8.49. The van der Waals surface area contributed by atoms with Crippen LogP contribution in [0.1, 0.15) is 24.5 Å². The van der Waals surface area contributed by atoms with Crippen LogP contribution in [-0.2, 0) is 27.3 Å². The first-order valence-electron chi connectivity index (χ1n) is 5.53. The van der Waals surface area contributed by atoms with Crippen LogP contribution in [0, 0.1) is 0 Å². The molecule has 0 aliphatic carbocycles. The van der Waals surface area contributed by atoms with Crippen molar-refractivity contribution in [3.8, 4) is 0 Å². The van der Waals surface area contributed by atoms with Gasteiger partial charge in [-0.25, -0.2) is 0 Å². The minimum absolute atomic E-state index is 0.178. The van der Waals surface area contributed by atoms with Gasteiger partial charge in [0.2, 0.25) is 0 Å². The van der Waals surface area contributed by atoms with E-state index >= 15 is 0 Å². The van der Waals surface area contributed by atoms with E-state index in [1.807, 2.05) is 24.3 Å². The van der Waals surface area contributed by atoms with Crippen molar-refractivity contribution in [2.75, 3.05) is 7.11 Å². The molecule has 0 saturated carbocycles. The zero-order chi connectivity index (χ0) is 14.0. The molecule has 0 spiro atoms. The highest BCUT2D eigenvalue weighted by atomic mass is 16.5. The van der Waals surface area contributed by atoms with Crippen molar-refractivity contribution < 1.29 is 19.4 Å². The molecule has 1 rings (SSSR count). The Kier molecular flexibility index (Phi) is 8.22. The number of carbonyl (C=O) groups excluding carboxylic acids is 1. The third-order valence-corrected chi connectivity index (χ3v) is 2.07. The molecule has 0 aromatic heterocycles. The molecule has 0 heterocycles. The second kappa shape index (κ2) is 9.18. The van der Waals surface area contributed by atoms with Crippen LogP contribution < -0.4 is 5.73 Å². The summed E-state index contributed by atoms with van der Waals surface area (Å²) in [4.78, 5) is 19.9. The summed E-state index contributed by atoms with van der Waals surface area (Å²) in [6, 6.07) is 7.93. The Bertz CT molecular complexity index is 386. The molecule has 0 aliphatic heterocycles. The van der Waals surface area contributed by atoms with Crippen LogP contribution in [0.25, 0.3) is 0 Å². The number of hydrogen-bond donors (Lipinski definition) is 2. The number of carboxylic acids is 1. The number of methoxy groups -OCH3 is 1. The van der Waals surface area contributed by atoms with Crippen LogP contribution in [0.15, 0.2) is 24.3 Å². The van der Waals surface area contributed by atoms with Gasteiger partial charge in [0.15, 0.2) is 0 Å². The van der Waals surface area contributed by atoms with E-state index in [2.05, 4.69) is 4.74 Å². The van der Waals surface area contributed by atoms with Gasteiger partial charge in [-0.15, -0.1) is 0 Å². The zero-order valence-electron chi connectivity index (χ0n) is 10.7. The SMILES string of the molecule is CC(=O)O.COC(=O)CCc1cccc(CN)c1. The average Bonchev–Trinajstić information content (AvgIpc) is 2.35. The molecule has 1 aromatic carbocycles. The average molecular weight is 253 g/mol. The molecule has 5 heteroatoms. The first kappa shape index (κ1) is 16.1. The van der Waals surface area contributed by atoms with Gasteiger partial charge in [0.05, 0.1) is 7.11 Å². The Balaban J connectivity index is 0.000000631. The molecule has 0 atom stereocenters. The van der Waals surface area contributed by atoms with E-state index in [-0.39, 0.29) is 5.97 Å². The lowest BCUT2D eigenvalue weighted by molar-refractivity contribution is -0.140. The van der Waals surface area contributed by atoms with Crippen LogP contribution in [0.2, 0.25) is 0 Å². The summed E-state index contributed by atoms with van der Waals surface area (Å²) in [6.07, 6.45) is 1.13. The lowest BCUT2D eigenvalue weighted by atomic mass is 10.1.